The number of piperidine rings is 1. The zero-order chi connectivity index (χ0) is 20.3. The van der Waals surface area contributed by atoms with E-state index >= 15 is 0 Å². The molecular weight excluding hydrogens is 398 g/mol. The van der Waals surface area contributed by atoms with E-state index in [1.54, 1.807) is 11.3 Å². The van der Waals surface area contributed by atoms with Crippen LogP contribution in [0.2, 0.25) is 0 Å². The number of hydrogen-bond donors (Lipinski definition) is 1. The Hall–Kier alpha value is -2.64. The molecule has 6 nitrogen and oxygen atoms in total. The average Bonchev–Trinajstić information content (AvgIpc) is 3.22. The van der Waals surface area contributed by atoms with Crippen LogP contribution in [0, 0.1) is 0 Å². The molecule has 5 rings (SSSR count). The Labute approximate surface area is 179 Å². The Morgan fingerprint density at radius 3 is 2.70 bits per heavy atom. The van der Waals surface area contributed by atoms with Gasteiger partial charge < -0.3 is 14.8 Å². The lowest BCUT2D eigenvalue weighted by Gasteiger charge is -2.31. The number of aromatic nitrogens is 1. The second kappa shape index (κ2) is 8.62. The van der Waals surface area contributed by atoms with Gasteiger partial charge in [0.15, 0.2) is 11.5 Å². The van der Waals surface area contributed by atoms with Gasteiger partial charge in [0.25, 0.3) is 0 Å². The van der Waals surface area contributed by atoms with Gasteiger partial charge in [0.2, 0.25) is 5.91 Å². The number of amides is 1. The van der Waals surface area contributed by atoms with Gasteiger partial charge in [-0.1, -0.05) is 24.3 Å². The van der Waals surface area contributed by atoms with Crippen molar-refractivity contribution in [3.63, 3.8) is 0 Å². The molecule has 0 bridgehead atoms. The number of nitrogens with one attached hydrogen (secondary N) is 1. The van der Waals surface area contributed by atoms with Gasteiger partial charge in [-0.15, -0.1) is 11.3 Å². The van der Waals surface area contributed by atoms with Crippen molar-refractivity contribution >= 4 is 27.5 Å². The van der Waals surface area contributed by atoms with E-state index in [2.05, 4.69) is 28.4 Å². The summed E-state index contributed by atoms with van der Waals surface area (Å²) in [5.41, 5.74) is 1.09. The molecule has 3 heterocycles. The van der Waals surface area contributed by atoms with Gasteiger partial charge in [-0.05, 0) is 50.2 Å². The van der Waals surface area contributed by atoms with Crippen LogP contribution in [0.4, 0.5) is 0 Å². The summed E-state index contributed by atoms with van der Waals surface area (Å²) in [6, 6.07) is 15.9. The maximum absolute atomic E-state index is 12.4. The fourth-order valence-electron chi connectivity index (χ4n) is 4.05. The molecule has 1 saturated heterocycles. The first-order valence-electron chi connectivity index (χ1n) is 10.5. The predicted octanol–water partition coefficient (Wildman–Crippen LogP) is 3.43. The van der Waals surface area contributed by atoms with Crippen molar-refractivity contribution in [2.45, 2.75) is 24.9 Å². The second-order valence-corrected chi connectivity index (χ2v) is 8.93. The van der Waals surface area contributed by atoms with E-state index < -0.39 is 0 Å². The highest BCUT2D eigenvalue weighted by Gasteiger charge is 2.25. The molecule has 1 aromatic heterocycles. The van der Waals surface area contributed by atoms with Crippen LogP contribution in [0.5, 0.6) is 11.5 Å². The number of ether oxygens (including phenoxy) is 2. The molecule has 0 aliphatic carbocycles. The van der Waals surface area contributed by atoms with E-state index in [0.29, 0.717) is 25.6 Å². The van der Waals surface area contributed by atoms with Crippen molar-refractivity contribution in [2.24, 2.45) is 0 Å². The van der Waals surface area contributed by atoms with Gasteiger partial charge in [-0.2, -0.15) is 0 Å². The van der Waals surface area contributed by atoms with Crippen molar-refractivity contribution in [1.82, 2.24) is 15.2 Å². The lowest BCUT2D eigenvalue weighted by Crippen LogP contribution is -2.45. The van der Waals surface area contributed by atoms with E-state index in [0.717, 1.165) is 42.9 Å². The van der Waals surface area contributed by atoms with E-state index in [4.69, 9.17) is 14.5 Å². The molecule has 7 heteroatoms. The minimum absolute atomic E-state index is 0.0379. The maximum atomic E-state index is 12.4. The van der Waals surface area contributed by atoms with E-state index in [9.17, 15) is 4.79 Å². The Bertz CT molecular complexity index is 996. The quantitative estimate of drug-likeness (QED) is 0.681. The molecule has 3 aromatic rings. The zero-order valence-corrected chi connectivity index (χ0v) is 17.6. The first kappa shape index (κ1) is 19.3. The molecule has 0 radical (unpaired) electrons. The number of likely N-dealkylation sites (tertiary alicyclic amines) is 1. The number of carbonyl (C=O) groups is 1. The van der Waals surface area contributed by atoms with E-state index in [1.165, 1.54) is 9.71 Å². The zero-order valence-electron chi connectivity index (χ0n) is 16.8. The van der Waals surface area contributed by atoms with Crippen molar-refractivity contribution in [3.8, 4) is 11.5 Å². The summed E-state index contributed by atoms with van der Waals surface area (Å²) in [4.78, 5) is 19.5. The molecule has 0 saturated carbocycles. The number of nitrogens with zero attached hydrogens (tertiary/aromatic N) is 2. The third-order valence-corrected chi connectivity index (χ3v) is 6.91. The van der Waals surface area contributed by atoms with Gasteiger partial charge in [-0.3, -0.25) is 9.69 Å². The van der Waals surface area contributed by atoms with Crippen LogP contribution in [-0.2, 0) is 4.79 Å². The highest BCUT2D eigenvalue weighted by atomic mass is 32.1. The summed E-state index contributed by atoms with van der Waals surface area (Å²) >= 11 is 1.80. The summed E-state index contributed by atoms with van der Waals surface area (Å²) in [7, 11) is 0. The summed E-state index contributed by atoms with van der Waals surface area (Å²) in [5.74, 6) is 2.03. The number of thiazole rings is 1. The number of fused-ring (bicyclic) bond motifs is 2. The van der Waals surface area contributed by atoms with E-state index in [1.807, 2.05) is 30.3 Å². The van der Waals surface area contributed by atoms with Crippen LogP contribution in [0.25, 0.3) is 10.2 Å². The average molecular weight is 424 g/mol. The van der Waals surface area contributed by atoms with Gasteiger partial charge in [0, 0.05) is 5.92 Å². The predicted molar refractivity (Wildman–Crippen MR) is 117 cm³/mol. The number of hydrogen-bond acceptors (Lipinski definition) is 6. The molecule has 1 unspecified atom stereocenters. The van der Waals surface area contributed by atoms with Crippen molar-refractivity contribution in [3.05, 3.63) is 53.5 Å². The number of para-hydroxylation sites is 3. The number of rotatable bonds is 5. The molecular formula is C23H25N3O3S. The molecule has 2 aliphatic rings. The maximum Gasteiger partial charge on any atom is 0.234 e. The van der Waals surface area contributed by atoms with Crippen LogP contribution in [0.15, 0.2) is 48.5 Å². The number of carbonyl (C=O) groups excluding carboxylic acids is 1. The van der Waals surface area contributed by atoms with Crippen molar-refractivity contribution in [1.29, 1.82) is 0 Å². The van der Waals surface area contributed by atoms with Gasteiger partial charge in [-0.25, -0.2) is 4.98 Å². The fourth-order valence-corrected chi connectivity index (χ4v) is 5.19. The summed E-state index contributed by atoms with van der Waals surface area (Å²) in [6.07, 6.45) is 1.93. The number of benzene rings is 2. The lowest BCUT2D eigenvalue weighted by molar-refractivity contribution is -0.123. The molecule has 1 atom stereocenters. The smallest absolute Gasteiger partial charge is 0.234 e. The summed E-state index contributed by atoms with van der Waals surface area (Å²) in [5, 5.41) is 4.23. The van der Waals surface area contributed by atoms with E-state index in [-0.39, 0.29) is 12.0 Å². The van der Waals surface area contributed by atoms with Crippen LogP contribution >= 0.6 is 11.3 Å². The highest BCUT2D eigenvalue weighted by molar-refractivity contribution is 7.18. The van der Waals surface area contributed by atoms with Crippen LogP contribution in [0.1, 0.15) is 23.8 Å². The summed E-state index contributed by atoms with van der Waals surface area (Å²) in [6.45, 7) is 3.17. The van der Waals surface area contributed by atoms with Gasteiger partial charge >= 0.3 is 0 Å². The minimum atomic E-state index is -0.159. The van der Waals surface area contributed by atoms with Crippen molar-refractivity contribution in [2.75, 3.05) is 32.8 Å². The fraction of sp³-hybridized carbons (Fsp3) is 0.391. The van der Waals surface area contributed by atoms with Gasteiger partial charge in [0.05, 0.1) is 28.3 Å². The molecule has 156 valence electrons. The molecule has 2 aliphatic heterocycles. The molecule has 30 heavy (non-hydrogen) atoms. The highest BCUT2D eigenvalue weighted by Crippen LogP contribution is 2.34. The molecule has 2 aromatic carbocycles. The minimum Gasteiger partial charge on any atom is -0.486 e. The monoisotopic (exact) mass is 423 g/mol. The second-order valence-electron chi connectivity index (χ2n) is 7.87. The standard InChI is InChI=1S/C23H25N3O3S/c27-22(24-13-17-15-28-19-6-2-3-7-20(19)29-17)14-26-11-9-16(10-12-26)23-25-18-5-1-4-8-21(18)30-23/h1-8,16-17H,9-15H2,(H,24,27). The Kier molecular flexibility index (Phi) is 5.55. The summed E-state index contributed by atoms with van der Waals surface area (Å²) < 4.78 is 12.9. The normalized spacial score (nSPS) is 19.7. The van der Waals surface area contributed by atoms with Gasteiger partial charge in [0.1, 0.15) is 12.7 Å². The molecule has 1 amide bonds. The third-order valence-electron chi connectivity index (χ3n) is 5.71. The lowest BCUT2D eigenvalue weighted by atomic mass is 9.97. The SMILES string of the molecule is O=C(CN1CCC(c2nc3ccccc3s2)CC1)NCC1COc2ccccc2O1. The first-order chi connectivity index (χ1) is 14.7. The topological polar surface area (TPSA) is 63.7 Å². The Morgan fingerprint density at radius 1 is 1.10 bits per heavy atom. The molecule has 1 fully saturated rings. The Balaban J connectivity index is 1.07. The van der Waals surface area contributed by atoms with Crippen LogP contribution in [-0.4, -0.2) is 54.7 Å². The first-order valence-corrected chi connectivity index (χ1v) is 11.3. The van der Waals surface area contributed by atoms with Crippen molar-refractivity contribution < 1.29 is 14.3 Å². The largest absolute Gasteiger partial charge is 0.486 e. The van der Waals surface area contributed by atoms with Crippen LogP contribution < -0.4 is 14.8 Å². The molecule has 0 spiro atoms. The molecule has 1 N–H and O–H groups in total. The van der Waals surface area contributed by atoms with Crippen LogP contribution in [0.3, 0.4) is 0 Å². The Morgan fingerprint density at radius 2 is 1.87 bits per heavy atom. The third kappa shape index (κ3) is 4.27.